The lowest BCUT2D eigenvalue weighted by Crippen LogP contribution is -2.17. The zero-order chi connectivity index (χ0) is 14.8. The Hall–Kier alpha value is -1.91. The van der Waals surface area contributed by atoms with Crippen LogP contribution in [0.15, 0.2) is 48.5 Å². The maximum Gasteiger partial charge on any atom is 0.288 e. The number of rotatable bonds is 5. The molecule has 1 N–H and O–H groups in total. The average Bonchev–Trinajstić information content (AvgIpc) is 3.27. The molecule has 1 fully saturated rings. The lowest BCUT2D eigenvalue weighted by atomic mass is 10.1. The van der Waals surface area contributed by atoms with E-state index in [0.717, 1.165) is 12.0 Å². The second-order valence-corrected chi connectivity index (χ2v) is 5.69. The van der Waals surface area contributed by atoms with Crippen LogP contribution in [0.5, 0.6) is 0 Å². The van der Waals surface area contributed by atoms with Crippen molar-refractivity contribution in [1.29, 1.82) is 0 Å². The molecule has 3 rings (SSSR count). The Balaban J connectivity index is 1.60. The van der Waals surface area contributed by atoms with Crippen LogP contribution in [0.3, 0.4) is 0 Å². The van der Waals surface area contributed by atoms with Gasteiger partial charge in [-0.15, -0.1) is 0 Å². The Kier molecular flexibility index (Phi) is 3.90. The summed E-state index contributed by atoms with van der Waals surface area (Å²) in [5.74, 6) is 0.550. The summed E-state index contributed by atoms with van der Waals surface area (Å²) in [6.07, 6.45) is 1.11. The van der Waals surface area contributed by atoms with Crippen LogP contribution in [0, 0.1) is 10.1 Å². The molecule has 108 valence electrons. The van der Waals surface area contributed by atoms with Gasteiger partial charge in [0.25, 0.3) is 5.69 Å². The van der Waals surface area contributed by atoms with Gasteiger partial charge in [-0.1, -0.05) is 48.0 Å². The Morgan fingerprint density at radius 3 is 2.71 bits per heavy atom. The van der Waals surface area contributed by atoms with E-state index in [1.54, 1.807) is 6.07 Å². The number of benzene rings is 2. The fourth-order valence-electron chi connectivity index (χ4n) is 2.55. The Labute approximate surface area is 127 Å². The van der Waals surface area contributed by atoms with Crippen molar-refractivity contribution in [1.82, 2.24) is 5.32 Å². The van der Waals surface area contributed by atoms with E-state index in [1.807, 2.05) is 24.3 Å². The standard InChI is InChI=1S/C16H15ClN2O2/c17-14-7-6-11(8-16(14)19(20)21)10-18-15-9-13(15)12-4-2-1-3-5-12/h1-8,13,15,18H,9-10H2. The first-order chi connectivity index (χ1) is 10.1. The molecule has 0 bridgehead atoms. The van der Waals surface area contributed by atoms with Crippen LogP contribution in [0.25, 0.3) is 0 Å². The zero-order valence-corrected chi connectivity index (χ0v) is 12.1. The lowest BCUT2D eigenvalue weighted by molar-refractivity contribution is -0.384. The minimum Gasteiger partial charge on any atom is -0.309 e. The fourth-order valence-corrected chi connectivity index (χ4v) is 2.73. The molecule has 0 amide bonds. The Morgan fingerprint density at radius 2 is 2.00 bits per heavy atom. The monoisotopic (exact) mass is 302 g/mol. The van der Waals surface area contributed by atoms with Gasteiger partial charge in [0.05, 0.1) is 4.92 Å². The molecule has 1 saturated carbocycles. The largest absolute Gasteiger partial charge is 0.309 e. The van der Waals surface area contributed by atoms with Crippen molar-refractivity contribution in [2.75, 3.05) is 0 Å². The van der Waals surface area contributed by atoms with Crippen LogP contribution >= 0.6 is 11.6 Å². The van der Waals surface area contributed by atoms with E-state index in [1.165, 1.54) is 11.6 Å². The van der Waals surface area contributed by atoms with Gasteiger partial charge in [-0.3, -0.25) is 10.1 Å². The summed E-state index contributed by atoms with van der Waals surface area (Å²) >= 11 is 5.81. The van der Waals surface area contributed by atoms with Gasteiger partial charge < -0.3 is 5.32 Å². The van der Waals surface area contributed by atoms with Crippen molar-refractivity contribution in [2.45, 2.75) is 24.9 Å². The number of nitro benzene ring substituents is 1. The van der Waals surface area contributed by atoms with Crippen molar-refractivity contribution in [2.24, 2.45) is 0 Å². The predicted octanol–water partition coefficient (Wildman–Crippen LogP) is 3.89. The van der Waals surface area contributed by atoms with Crippen LogP contribution in [0.2, 0.25) is 5.02 Å². The van der Waals surface area contributed by atoms with Crippen LogP contribution < -0.4 is 5.32 Å². The molecule has 2 aromatic carbocycles. The molecule has 0 heterocycles. The third-order valence-electron chi connectivity index (χ3n) is 3.79. The van der Waals surface area contributed by atoms with Crippen LogP contribution in [-0.4, -0.2) is 11.0 Å². The predicted molar refractivity (Wildman–Crippen MR) is 82.5 cm³/mol. The van der Waals surface area contributed by atoms with Crippen LogP contribution in [0.1, 0.15) is 23.5 Å². The first-order valence-electron chi connectivity index (χ1n) is 6.86. The SMILES string of the molecule is O=[N+]([O-])c1cc(CNC2CC2c2ccccc2)ccc1Cl. The van der Waals surface area contributed by atoms with Gasteiger partial charge in [-0.2, -0.15) is 0 Å². The summed E-state index contributed by atoms with van der Waals surface area (Å²) in [7, 11) is 0. The molecule has 0 aliphatic heterocycles. The number of nitro groups is 1. The van der Waals surface area contributed by atoms with E-state index in [2.05, 4.69) is 17.4 Å². The smallest absolute Gasteiger partial charge is 0.288 e. The molecule has 5 heteroatoms. The van der Waals surface area contributed by atoms with Gasteiger partial charge in [-0.05, 0) is 23.6 Å². The summed E-state index contributed by atoms with van der Waals surface area (Å²) < 4.78 is 0. The number of hydrogen-bond donors (Lipinski definition) is 1. The van der Waals surface area contributed by atoms with Crippen molar-refractivity contribution < 1.29 is 4.92 Å². The molecule has 0 spiro atoms. The number of hydrogen-bond acceptors (Lipinski definition) is 3. The normalized spacial score (nSPS) is 20.2. The number of nitrogens with one attached hydrogen (secondary N) is 1. The Bertz CT molecular complexity index is 661. The van der Waals surface area contributed by atoms with E-state index in [9.17, 15) is 10.1 Å². The van der Waals surface area contributed by atoms with Crippen molar-refractivity contribution >= 4 is 17.3 Å². The molecular formula is C16H15ClN2O2. The minimum atomic E-state index is -0.449. The highest BCUT2D eigenvalue weighted by atomic mass is 35.5. The van der Waals surface area contributed by atoms with Gasteiger partial charge in [0.2, 0.25) is 0 Å². The van der Waals surface area contributed by atoms with Crippen molar-refractivity contribution in [3.05, 3.63) is 74.8 Å². The molecule has 4 nitrogen and oxygen atoms in total. The molecular weight excluding hydrogens is 288 g/mol. The summed E-state index contributed by atoms with van der Waals surface area (Å²) in [5, 5.41) is 14.5. The van der Waals surface area contributed by atoms with Gasteiger partial charge in [0, 0.05) is 24.6 Å². The van der Waals surface area contributed by atoms with Gasteiger partial charge in [0.15, 0.2) is 0 Å². The highest BCUT2D eigenvalue weighted by molar-refractivity contribution is 6.32. The second-order valence-electron chi connectivity index (χ2n) is 5.28. The van der Waals surface area contributed by atoms with Gasteiger partial charge in [0.1, 0.15) is 5.02 Å². The Morgan fingerprint density at radius 1 is 1.24 bits per heavy atom. The van der Waals surface area contributed by atoms with Crippen molar-refractivity contribution in [3.63, 3.8) is 0 Å². The molecule has 2 aromatic rings. The zero-order valence-electron chi connectivity index (χ0n) is 11.3. The van der Waals surface area contributed by atoms with E-state index >= 15 is 0 Å². The topological polar surface area (TPSA) is 55.2 Å². The molecule has 0 radical (unpaired) electrons. The van der Waals surface area contributed by atoms with Crippen LogP contribution in [-0.2, 0) is 6.54 Å². The fraction of sp³-hybridized carbons (Fsp3) is 0.250. The molecule has 1 aliphatic rings. The van der Waals surface area contributed by atoms with E-state index in [4.69, 9.17) is 11.6 Å². The maximum atomic E-state index is 10.9. The second kappa shape index (κ2) is 5.84. The number of halogens is 1. The average molecular weight is 303 g/mol. The molecule has 2 unspecified atom stereocenters. The lowest BCUT2D eigenvalue weighted by Gasteiger charge is -2.05. The van der Waals surface area contributed by atoms with E-state index in [0.29, 0.717) is 18.5 Å². The minimum absolute atomic E-state index is 0.0358. The number of nitrogens with zero attached hydrogens (tertiary/aromatic N) is 1. The molecule has 1 aliphatic carbocycles. The highest BCUT2D eigenvalue weighted by Gasteiger charge is 2.37. The highest BCUT2D eigenvalue weighted by Crippen LogP contribution is 2.40. The van der Waals surface area contributed by atoms with Crippen LogP contribution in [0.4, 0.5) is 5.69 Å². The van der Waals surface area contributed by atoms with E-state index in [-0.39, 0.29) is 10.7 Å². The summed E-state index contributed by atoms with van der Waals surface area (Å²) in [6, 6.07) is 15.8. The summed E-state index contributed by atoms with van der Waals surface area (Å²) in [4.78, 5) is 10.4. The third kappa shape index (κ3) is 3.23. The quantitative estimate of drug-likeness (QED) is 0.673. The first kappa shape index (κ1) is 14.0. The van der Waals surface area contributed by atoms with Gasteiger partial charge >= 0.3 is 0 Å². The molecule has 0 saturated heterocycles. The summed E-state index contributed by atoms with van der Waals surface area (Å²) in [5.41, 5.74) is 2.19. The summed E-state index contributed by atoms with van der Waals surface area (Å²) in [6.45, 7) is 0.617. The first-order valence-corrected chi connectivity index (χ1v) is 7.24. The van der Waals surface area contributed by atoms with E-state index < -0.39 is 4.92 Å². The van der Waals surface area contributed by atoms with Gasteiger partial charge in [-0.25, -0.2) is 0 Å². The van der Waals surface area contributed by atoms with Crippen molar-refractivity contribution in [3.8, 4) is 0 Å². The molecule has 2 atom stereocenters. The molecule has 0 aromatic heterocycles. The maximum absolute atomic E-state index is 10.9. The third-order valence-corrected chi connectivity index (χ3v) is 4.11. The molecule has 21 heavy (non-hydrogen) atoms.